The molecule has 1 aromatic rings. The molecule has 4 nitrogen and oxygen atoms in total. The number of hydrogen-bond donors (Lipinski definition) is 2. The highest BCUT2D eigenvalue weighted by atomic mass is 16.5. The number of likely N-dealkylation sites (N-methyl/N-ethyl adjacent to an activating group) is 1. The lowest BCUT2D eigenvalue weighted by Gasteiger charge is -2.43. The van der Waals surface area contributed by atoms with Crippen molar-refractivity contribution in [2.75, 3.05) is 40.0 Å². The maximum Gasteiger partial charge on any atom is 0.103 e. The summed E-state index contributed by atoms with van der Waals surface area (Å²) in [5.74, 6) is 0. The Morgan fingerprint density at radius 1 is 1.25 bits per heavy atom. The van der Waals surface area contributed by atoms with Gasteiger partial charge in [0.2, 0.25) is 0 Å². The summed E-state index contributed by atoms with van der Waals surface area (Å²) < 4.78 is 5.23. The zero-order valence-electron chi connectivity index (χ0n) is 12.0. The smallest absolute Gasteiger partial charge is 0.103 e. The number of benzene rings is 1. The van der Waals surface area contributed by atoms with Crippen LogP contribution in [0.15, 0.2) is 24.3 Å². The molecule has 0 aromatic heterocycles. The van der Waals surface area contributed by atoms with E-state index >= 15 is 0 Å². The second-order valence-electron chi connectivity index (χ2n) is 6.51. The SMILES string of the molecule is CN(CC1(CO)COC1)CC1(O)CCc2ccccc21. The Morgan fingerprint density at radius 3 is 2.65 bits per heavy atom. The van der Waals surface area contributed by atoms with Crippen molar-refractivity contribution in [2.24, 2.45) is 5.41 Å². The summed E-state index contributed by atoms with van der Waals surface area (Å²) in [5, 5.41) is 20.4. The third kappa shape index (κ3) is 2.37. The Labute approximate surface area is 120 Å². The monoisotopic (exact) mass is 277 g/mol. The number of aryl methyl sites for hydroxylation is 1. The first-order chi connectivity index (χ1) is 9.57. The van der Waals surface area contributed by atoms with Crippen molar-refractivity contribution in [1.82, 2.24) is 4.90 Å². The topological polar surface area (TPSA) is 52.9 Å². The van der Waals surface area contributed by atoms with E-state index in [4.69, 9.17) is 4.74 Å². The molecule has 1 fully saturated rings. The van der Waals surface area contributed by atoms with E-state index in [9.17, 15) is 10.2 Å². The van der Waals surface area contributed by atoms with Gasteiger partial charge in [0, 0.05) is 13.1 Å². The van der Waals surface area contributed by atoms with E-state index in [0.29, 0.717) is 19.8 Å². The fourth-order valence-electron chi connectivity index (χ4n) is 3.53. The molecule has 0 bridgehead atoms. The van der Waals surface area contributed by atoms with Crippen molar-refractivity contribution in [3.05, 3.63) is 35.4 Å². The van der Waals surface area contributed by atoms with Crippen LogP contribution in [0.4, 0.5) is 0 Å². The van der Waals surface area contributed by atoms with Crippen LogP contribution in [0.1, 0.15) is 17.5 Å². The molecule has 20 heavy (non-hydrogen) atoms. The molecule has 1 heterocycles. The molecule has 2 N–H and O–H groups in total. The molecule has 110 valence electrons. The number of aliphatic hydroxyl groups excluding tert-OH is 1. The third-order valence-electron chi connectivity index (χ3n) is 4.62. The molecular formula is C16H23NO3. The van der Waals surface area contributed by atoms with E-state index in [-0.39, 0.29) is 12.0 Å². The van der Waals surface area contributed by atoms with Gasteiger partial charge in [0.25, 0.3) is 0 Å². The van der Waals surface area contributed by atoms with Crippen molar-refractivity contribution in [2.45, 2.75) is 18.4 Å². The zero-order chi connectivity index (χ0) is 14.2. The van der Waals surface area contributed by atoms with E-state index in [2.05, 4.69) is 11.0 Å². The maximum absolute atomic E-state index is 10.9. The van der Waals surface area contributed by atoms with Gasteiger partial charge in [0.1, 0.15) is 5.60 Å². The molecule has 1 atom stereocenters. The third-order valence-corrected chi connectivity index (χ3v) is 4.62. The summed E-state index contributed by atoms with van der Waals surface area (Å²) in [6, 6.07) is 8.15. The lowest BCUT2D eigenvalue weighted by Crippen LogP contribution is -2.54. The molecule has 0 spiro atoms. The minimum absolute atomic E-state index is 0.136. The van der Waals surface area contributed by atoms with Crippen LogP contribution in [0.2, 0.25) is 0 Å². The molecule has 0 amide bonds. The molecule has 1 aliphatic heterocycles. The van der Waals surface area contributed by atoms with Gasteiger partial charge in [-0.05, 0) is 31.0 Å². The van der Waals surface area contributed by atoms with Crippen LogP contribution in [0.3, 0.4) is 0 Å². The summed E-state index contributed by atoms with van der Waals surface area (Å²) in [5.41, 5.74) is 1.43. The summed E-state index contributed by atoms with van der Waals surface area (Å²) >= 11 is 0. The fourth-order valence-corrected chi connectivity index (χ4v) is 3.53. The van der Waals surface area contributed by atoms with Crippen molar-refractivity contribution in [1.29, 1.82) is 0 Å². The van der Waals surface area contributed by atoms with E-state index in [1.807, 2.05) is 25.2 Å². The van der Waals surface area contributed by atoms with E-state index in [1.165, 1.54) is 5.56 Å². The largest absolute Gasteiger partial charge is 0.396 e. The number of hydrogen-bond acceptors (Lipinski definition) is 4. The van der Waals surface area contributed by atoms with Gasteiger partial charge in [-0.25, -0.2) is 0 Å². The molecular weight excluding hydrogens is 254 g/mol. The molecule has 0 saturated carbocycles. The van der Waals surface area contributed by atoms with Crippen LogP contribution in [0.25, 0.3) is 0 Å². The number of fused-ring (bicyclic) bond motifs is 1. The van der Waals surface area contributed by atoms with Crippen molar-refractivity contribution >= 4 is 0 Å². The second kappa shape index (κ2) is 5.11. The molecule has 3 rings (SSSR count). The average Bonchev–Trinajstić information content (AvgIpc) is 2.72. The van der Waals surface area contributed by atoms with E-state index in [1.54, 1.807) is 0 Å². The van der Waals surface area contributed by atoms with Gasteiger partial charge in [0.05, 0.1) is 25.2 Å². The normalized spacial score (nSPS) is 27.4. The quantitative estimate of drug-likeness (QED) is 0.834. The standard InChI is InChI=1S/C16H23NO3/c1-17(8-15(10-18)11-20-12-15)9-16(19)7-6-13-4-2-3-5-14(13)16/h2-5,18-19H,6-12H2,1H3. The molecule has 1 unspecified atom stereocenters. The Balaban J connectivity index is 1.68. The van der Waals surface area contributed by atoms with Gasteiger partial charge in [-0.15, -0.1) is 0 Å². The van der Waals surface area contributed by atoms with Crippen LogP contribution in [0, 0.1) is 5.41 Å². The Morgan fingerprint density at radius 2 is 2.00 bits per heavy atom. The molecule has 1 saturated heterocycles. The van der Waals surface area contributed by atoms with E-state index in [0.717, 1.165) is 24.9 Å². The summed E-state index contributed by atoms with van der Waals surface area (Å²) in [6.45, 7) is 2.73. The molecule has 4 heteroatoms. The molecule has 1 aliphatic carbocycles. The van der Waals surface area contributed by atoms with Crippen molar-refractivity contribution in [3.8, 4) is 0 Å². The van der Waals surface area contributed by atoms with Crippen LogP contribution in [0.5, 0.6) is 0 Å². The van der Waals surface area contributed by atoms with Crippen LogP contribution in [-0.2, 0) is 16.8 Å². The highest BCUT2D eigenvalue weighted by Gasteiger charge is 2.42. The van der Waals surface area contributed by atoms with Gasteiger partial charge in [-0.3, -0.25) is 0 Å². The predicted octanol–water partition coefficient (Wildman–Crippen LogP) is 0.761. The van der Waals surface area contributed by atoms with E-state index < -0.39 is 5.60 Å². The van der Waals surface area contributed by atoms with Gasteiger partial charge in [0.15, 0.2) is 0 Å². The lowest BCUT2D eigenvalue weighted by molar-refractivity contribution is -0.150. The Hall–Kier alpha value is -0.940. The van der Waals surface area contributed by atoms with Gasteiger partial charge in [-0.1, -0.05) is 24.3 Å². The lowest BCUT2D eigenvalue weighted by atomic mass is 9.85. The van der Waals surface area contributed by atoms with Crippen molar-refractivity contribution < 1.29 is 14.9 Å². The Bertz CT molecular complexity index is 481. The fraction of sp³-hybridized carbons (Fsp3) is 0.625. The molecule has 0 radical (unpaired) electrons. The van der Waals surface area contributed by atoms with Gasteiger partial charge < -0.3 is 19.8 Å². The predicted molar refractivity (Wildman–Crippen MR) is 76.5 cm³/mol. The van der Waals surface area contributed by atoms with Crippen LogP contribution >= 0.6 is 0 Å². The number of nitrogens with zero attached hydrogens (tertiary/aromatic N) is 1. The number of aliphatic hydroxyl groups is 2. The van der Waals surface area contributed by atoms with Crippen molar-refractivity contribution in [3.63, 3.8) is 0 Å². The summed E-state index contributed by atoms with van der Waals surface area (Å²) in [6.07, 6.45) is 1.72. The highest BCUT2D eigenvalue weighted by Crippen LogP contribution is 2.38. The summed E-state index contributed by atoms with van der Waals surface area (Å²) in [4.78, 5) is 2.13. The minimum atomic E-state index is -0.757. The van der Waals surface area contributed by atoms with Crippen LogP contribution in [-0.4, -0.2) is 55.1 Å². The first kappa shape index (κ1) is 14.0. The average molecular weight is 277 g/mol. The Kier molecular flexibility index (Phi) is 3.58. The highest BCUT2D eigenvalue weighted by molar-refractivity contribution is 5.37. The summed E-state index contributed by atoms with van der Waals surface area (Å²) in [7, 11) is 2.01. The number of ether oxygens (including phenoxy) is 1. The second-order valence-corrected chi connectivity index (χ2v) is 6.51. The maximum atomic E-state index is 10.9. The zero-order valence-corrected chi connectivity index (χ0v) is 12.0. The van der Waals surface area contributed by atoms with Crippen LogP contribution < -0.4 is 0 Å². The molecule has 1 aromatic carbocycles. The molecule has 2 aliphatic rings. The van der Waals surface area contributed by atoms with Gasteiger partial charge >= 0.3 is 0 Å². The minimum Gasteiger partial charge on any atom is -0.396 e. The first-order valence-corrected chi connectivity index (χ1v) is 7.25. The first-order valence-electron chi connectivity index (χ1n) is 7.25. The number of rotatable bonds is 5. The van der Waals surface area contributed by atoms with Gasteiger partial charge in [-0.2, -0.15) is 0 Å².